The highest BCUT2D eigenvalue weighted by Gasteiger charge is 2.52. The van der Waals surface area contributed by atoms with Crippen molar-refractivity contribution in [3.63, 3.8) is 0 Å². The van der Waals surface area contributed by atoms with Crippen molar-refractivity contribution in [1.82, 2.24) is 5.32 Å². The van der Waals surface area contributed by atoms with Crippen molar-refractivity contribution in [2.45, 2.75) is 58.8 Å². The van der Waals surface area contributed by atoms with Crippen LogP contribution in [0.4, 0.5) is 4.39 Å². The van der Waals surface area contributed by atoms with Crippen molar-refractivity contribution in [2.75, 3.05) is 7.05 Å². The van der Waals surface area contributed by atoms with Gasteiger partial charge in [0, 0.05) is 23.5 Å². The summed E-state index contributed by atoms with van der Waals surface area (Å²) in [4.78, 5) is 12.9. The fourth-order valence-corrected chi connectivity index (χ4v) is 3.80. The summed E-state index contributed by atoms with van der Waals surface area (Å²) in [5.74, 6) is 0.220. The topological polar surface area (TPSA) is 69.9 Å². The fourth-order valence-electron chi connectivity index (χ4n) is 3.80. The molecule has 1 aromatic heterocycles. The van der Waals surface area contributed by atoms with Crippen LogP contribution in [-0.4, -0.2) is 37.4 Å². The number of halogens is 1. The number of hydrogen-bond donors (Lipinski definition) is 1. The van der Waals surface area contributed by atoms with E-state index >= 15 is 0 Å². The fraction of sp³-hybridized carbons (Fsp3) is 0.400. The van der Waals surface area contributed by atoms with Crippen molar-refractivity contribution in [2.24, 2.45) is 0 Å². The minimum absolute atomic E-state index is 0.115. The molecule has 1 aliphatic rings. The van der Waals surface area contributed by atoms with Crippen LogP contribution in [0.1, 0.15) is 51.9 Å². The zero-order valence-corrected chi connectivity index (χ0v) is 20.0. The van der Waals surface area contributed by atoms with Gasteiger partial charge in [-0.15, -0.1) is 0 Å². The predicted octanol–water partition coefficient (Wildman–Crippen LogP) is 4.68. The third-order valence-electron chi connectivity index (χ3n) is 6.25. The van der Waals surface area contributed by atoms with Gasteiger partial charge < -0.3 is 23.8 Å². The lowest BCUT2D eigenvalue weighted by Crippen LogP contribution is -2.41. The number of ether oxygens (including phenoxy) is 1. The minimum atomic E-state index is -0.670. The van der Waals surface area contributed by atoms with Gasteiger partial charge in [0.05, 0.1) is 22.9 Å². The lowest BCUT2D eigenvalue weighted by molar-refractivity contribution is 0.00578. The second-order valence-corrected chi connectivity index (χ2v) is 9.53. The molecule has 6 nitrogen and oxygen atoms in total. The molecule has 1 amide bonds. The van der Waals surface area contributed by atoms with Gasteiger partial charge >= 0.3 is 7.12 Å². The quantitative estimate of drug-likeness (QED) is 0.568. The SMILES string of the molecule is CNC(=O)c1c(-c2ccc(F)cc2)oc2cc(B3OC(C)(C)C(C)(C)O3)c(OC(C)C)cc12. The Morgan fingerprint density at radius 3 is 2.21 bits per heavy atom. The number of benzene rings is 2. The first kappa shape index (κ1) is 23.3. The monoisotopic (exact) mass is 453 g/mol. The lowest BCUT2D eigenvalue weighted by Gasteiger charge is -2.32. The van der Waals surface area contributed by atoms with Gasteiger partial charge in [-0.2, -0.15) is 0 Å². The average molecular weight is 453 g/mol. The number of fused-ring (bicyclic) bond motifs is 1. The Bertz CT molecular complexity index is 1180. The molecule has 0 radical (unpaired) electrons. The van der Waals surface area contributed by atoms with Crippen LogP contribution in [0.5, 0.6) is 5.75 Å². The number of carbonyl (C=O) groups is 1. The summed E-state index contributed by atoms with van der Waals surface area (Å²) >= 11 is 0. The number of hydrogen-bond acceptors (Lipinski definition) is 5. The van der Waals surface area contributed by atoms with E-state index in [1.165, 1.54) is 12.1 Å². The summed E-state index contributed by atoms with van der Waals surface area (Å²) in [6.45, 7) is 11.8. The first-order valence-corrected chi connectivity index (χ1v) is 11.0. The Kier molecular flexibility index (Phi) is 5.79. The molecule has 0 bridgehead atoms. The van der Waals surface area contributed by atoms with E-state index in [2.05, 4.69) is 5.32 Å². The number of rotatable bonds is 5. The van der Waals surface area contributed by atoms with Crippen LogP contribution in [0.2, 0.25) is 0 Å². The summed E-state index contributed by atoms with van der Waals surface area (Å²) in [6, 6.07) is 9.42. The highest BCUT2D eigenvalue weighted by Crippen LogP contribution is 2.39. The van der Waals surface area contributed by atoms with Gasteiger partial charge in [0.15, 0.2) is 0 Å². The van der Waals surface area contributed by atoms with Crippen LogP contribution >= 0.6 is 0 Å². The molecule has 1 saturated heterocycles. The maximum Gasteiger partial charge on any atom is 0.498 e. The Balaban J connectivity index is 1.93. The first-order chi connectivity index (χ1) is 15.4. The molecule has 8 heteroatoms. The zero-order valence-electron chi connectivity index (χ0n) is 20.0. The van der Waals surface area contributed by atoms with Crippen LogP contribution < -0.4 is 15.5 Å². The van der Waals surface area contributed by atoms with E-state index in [0.29, 0.717) is 39.1 Å². The molecule has 0 aliphatic carbocycles. The third kappa shape index (κ3) is 4.13. The van der Waals surface area contributed by atoms with Gasteiger partial charge in [0.1, 0.15) is 22.9 Å². The predicted molar refractivity (Wildman–Crippen MR) is 126 cm³/mol. The van der Waals surface area contributed by atoms with E-state index in [4.69, 9.17) is 18.5 Å². The standard InChI is InChI=1S/C25H29BFNO5/c1-14(2)30-20-12-17-19(13-18(20)26-32-24(3,4)25(5,6)33-26)31-22(21(17)23(29)28-7)15-8-10-16(27)11-9-15/h8-14H,1-7H3,(H,28,29). The second-order valence-electron chi connectivity index (χ2n) is 9.53. The van der Waals surface area contributed by atoms with Gasteiger partial charge in [-0.1, -0.05) is 0 Å². The first-order valence-electron chi connectivity index (χ1n) is 11.0. The van der Waals surface area contributed by atoms with E-state index in [9.17, 15) is 9.18 Å². The van der Waals surface area contributed by atoms with Gasteiger partial charge in [-0.25, -0.2) is 4.39 Å². The molecule has 33 heavy (non-hydrogen) atoms. The molecule has 3 aromatic rings. The highest BCUT2D eigenvalue weighted by atomic mass is 19.1. The van der Waals surface area contributed by atoms with Crippen molar-refractivity contribution >= 4 is 29.5 Å². The van der Waals surface area contributed by atoms with Crippen molar-refractivity contribution in [3.05, 3.63) is 47.8 Å². The lowest BCUT2D eigenvalue weighted by atomic mass is 9.77. The van der Waals surface area contributed by atoms with E-state index in [1.54, 1.807) is 31.3 Å². The summed E-state index contributed by atoms with van der Waals surface area (Å²) in [5, 5.41) is 3.26. The Hall–Kier alpha value is -2.84. The smallest absolute Gasteiger partial charge is 0.491 e. The molecule has 0 unspecified atom stereocenters. The molecule has 0 spiro atoms. The van der Waals surface area contributed by atoms with E-state index in [0.717, 1.165) is 0 Å². The Labute approximate surface area is 193 Å². The molecular formula is C25H29BFNO5. The molecule has 1 fully saturated rings. The molecule has 1 aliphatic heterocycles. The number of nitrogens with one attached hydrogen (secondary N) is 1. The van der Waals surface area contributed by atoms with Gasteiger partial charge in [-0.05, 0) is 77.9 Å². The van der Waals surface area contributed by atoms with Crippen LogP contribution in [-0.2, 0) is 9.31 Å². The minimum Gasteiger partial charge on any atom is -0.491 e. The summed E-state index contributed by atoms with van der Waals surface area (Å²) in [7, 11) is 0.885. The Morgan fingerprint density at radius 2 is 1.67 bits per heavy atom. The van der Waals surface area contributed by atoms with E-state index < -0.39 is 18.3 Å². The molecule has 2 heterocycles. The molecule has 0 saturated carbocycles. The van der Waals surface area contributed by atoms with Crippen LogP contribution in [0.3, 0.4) is 0 Å². The van der Waals surface area contributed by atoms with Crippen molar-refractivity contribution < 1.29 is 27.6 Å². The zero-order chi connectivity index (χ0) is 24.1. The van der Waals surface area contributed by atoms with Crippen LogP contribution in [0.25, 0.3) is 22.3 Å². The molecule has 1 N–H and O–H groups in total. The molecule has 0 atom stereocenters. The normalized spacial score (nSPS) is 17.1. The van der Waals surface area contributed by atoms with Crippen LogP contribution in [0.15, 0.2) is 40.8 Å². The van der Waals surface area contributed by atoms with Crippen molar-refractivity contribution in [3.8, 4) is 17.1 Å². The summed E-state index contributed by atoms with van der Waals surface area (Å²) in [6.07, 6.45) is -0.115. The molecule has 4 rings (SSSR count). The second kappa shape index (κ2) is 8.19. The average Bonchev–Trinajstić information content (AvgIpc) is 3.20. The third-order valence-corrected chi connectivity index (χ3v) is 6.25. The van der Waals surface area contributed by atoms with Crippen molar-refractivity contribution in [1.29, 1.82) is 0 Å². The number of amides is 1. The summed E-state index contributed by atoms with van der Waals surface area (Å²) < 4.78 is 38.3. The maximum absolute atomic E-state index is 13.5. The van der Waals surface area contributed by atoms with Gasteiger partial charge in [0.2, 0.25) is 0 Å². The van der Waals surface area contributed by atoms with Gasteiger partial charge in [0.25, 0.3) is 5.91 Å². The molecular weight excluding hydrogens is 424 g/mol. The molecule has 2 aromatic carbocycles. The molecule has 174 valence electrons. The number of furan rings is 1. The summed E-state index contributed by atoms with van der Waals surface area (Å²) in [5.41, 5.74) is 1.05. The van der Waals surface area contributed by atoms with E-state index in [-0.39, 0.29) is 17.8 Å². The highest BCUT2D eigenvalue weighted by molar-refractivity contribution is 6.63. The van der Waals surface area contributed by atoms with E-state index in [1.807, 2.05) is 41.5 Å². The number of carbonyl (C=O) groups excluding carboxylic acids is 1. The largest absolute Gasteiger partial charge is 0.498 e. The maximum atomic E-state index is 13.5. The Morgan fingerprint density at radius 1 is 1.06 bits per heavy atom. The van der Waals surface area contributed by atoms with Crippen LogP contribution in [0, 0.1) is 5.82 Å². The van der Waals surface area contributed by atoms with Gasteiger partial charge in [-0.3, -0.25) is 4.79 Å².